The lowest BCUT2D eigenvalue weighted by atomic mass is 9.99. The number of sulfonamides is 1. The average Bonchev–Trinajstić information content (AvgIpc) is 3.32. The van der Waals surface area contributed by atoms with Crippen molar-refractivity contribution in [3.05, 3.63) is 65.7 Å². The molecule has 0 spiro atoms. The lowest BCUT2D eigenvalue weighted by molar-refractivity contribution is -0.142. The van der Waals surface area contributed by atoms with Crippen LogP contribution < -0.4 is 16.0 Å². The molecule has 4 rings (SSSR count). The highest BCUT2D eigenvalue weighted by Crippen LogP contribution is 2.42. The van der Waals surface area contributed by atoms with E-state index in [1.165, 1.54) is 23.9 Å². The van der Waals surface area contributed by atoms with Gasteiger partial charge in [0.1, 0.15) is 17.9 Å². The maximum absolute atomic E-state index is 13.5. The first-order valence-electron chi connectivity index (χ1n) is 14.3. The molecule has 0 unspecified atom stereocenters. The maximum Gasteiger partial charge on any atom is 0.326 e. The van der Waals surface area contributed by atoms with Crippen molar-refractivity contribution in [2.45, 2.75) is 67.7 Å². The van der Waals surface area contributed by atoms with Crippen LogP contribution in [0.15, 0.2) is 64.5 Å². The lowest BCUT2D eigenvalue weighted by Gasteiger charge is -2.31. The molecule has 11 nitrogen and oxygen atoms in total. The Morgan fingerprint density at radius 1 is 1.12 bits per heavy atom. The van der Waals surface area contributed by atoms with Crippen LogP contribution in [0.1, 0.15) is 44.2 Å². The van der Waals surface area contributed by atoms with Gasteiger partial charge in [0.05, 0.1) is 10.8 Å². The Morgan fingerprint density at radius 2 is 1.81 bits per heavy atom. The minimum atomic E-state index is -3.98. The highest BCUT2D eigenvalue weighted by molar-refractivity contribution is 8.02. The monoisotopic (exact) mass is 629 g/mol. The molecule has 0 aromatic heterocycles. The molecule has 0 aliphatic carbocycles. The van der Waals surface area contributed by atoms with E-state index in [2.05, 4.69) is 20.9 Å². The highest BCUT2D eigenvalue weighted by Gasteiger charge is 2.51. The Hall–Kier alpha value is -3.42. The van der Waals surface area contributed by atoms with Gasteiger partial charge in [-0.1, -0.05) is 42.5 Å². The molecule has 0 saturated carbocycles. The first-order valence-corrected chi connectivity index (χ1v) is 16.8. The molecule has 1 saturated heterocycles. The van der Waals surface area contributed by atoms with Crippen LogP contribution in [0.2, 0.25) is 0 Å². The number of ketones is 1. The van der Waals surface area contributed by atoms with Crippen molar-refractivity contribution < 1.29 is 27.9 Å². The van der Waals surface area contributed by atoms with Gasteiger partial charge in [0.25, 0.3) is 0 Å². The van der Waals surface area contributed by atoms with Crippen LogP contribution in [0.3, 0.4) is 0 Å². The molecule has 2 heterocycles. The van der Waals surface area contributed by atoms with Gasteiger partial charge in [-0.05, 0) is 49.9 Å². The van der Waals surface area contributed by atoms with Gasteiger partial charge in [-0.25, -0.2) is 13.2 Å². The number of Topliss-reactive ketones (excluding diaryl/α,β-unsaturated/α-hetero) is 1. The molecule has 4 N–H and O–H groups in total. The first kappa shape index (κ1) is 32.5. The summed E-state index contributed by atoms with van der Waals surface area (Å²) in [5, 5.41) is 18.9. The molecular formula is C30H39N5O6S2. The zero-order valence-corrected chi connectivity index (χ0v) is 26.0. The molecule has 1 amide bonds. The standard InChI is InChI=1S/C30H39N5O6S2/c1-30(2)26(35(20-42-30)43(40,41)24-9-4-3-5-10-24)27(37)34-25(28(38)39)19-22-13-11-21(12-14-22)18-23(36)8-6-15-31-29-32-16-7-17-33-29/h3-5,9-14,25-26H,6-8,15-20H2,1-2H3,(H,34,37)(H,38,39)(H2,31,32,33)/t25-,26+/m0/s1. The van der Waals surface area contributed by atoms with E-state index in [4.69, 9.17) is 0 Å². The predicted molar refractivity (Wildman–Crippen MR) is 166 cm³/mol. The largest absolute Gasteiger partial charge is 0.480 e. The second kappa shape index (κ2) is 14.4. The molecule has 13 heteroatoms. The lowest BCUT2D eigenvalue weighted by Crippen LogP contribution is -2.56. The summed E-state index contributed by atoms with van der Waals surface area (Å²) in [5.74, 6) is -0.925. The Morgan fingerprint density at radius 3 is 2.47 bits per heavy atom. The molecule has 2 aromatic rings. The topological polar surface area (TPSA) is 157 Å². The summed E-state index contributed by atoms with van der Waals surface area (Å²) in [6, 6.07) is 12.6. The number of carbonyl (C=O) groups is 3. The third kappa shape index (κ3) is 8.58. The fourth-order valence-electron chi connectivity index (χ4n) is 5.05. The van der Waals surface area contributed by atoms with Crippen LogP contribution >= 0.6 is 11.8 Å². The molecular weight excluding hydrogens is 590 g/mol. The SMILES string of the molecule is CC1(C)SCN(S(=O)(=O)c2ccccc2)[C@@H]1C(=O)N[C@@H](Cc1ccc(CC(=O)CCCNC2=NCCCN2)cc1)C(=O)O. The second-order valence-electron chi connectivity index (χ2n) is 11.2. The summed E-state index contributed by atoms with van der Waals surface area (Å²) in [5.41, 5.74) is 1.49. The summed E-state index contributed by atoms with van der Waals surface area (Å²) in [4.78, 5) is 42.5. The maximum atomic E-state index is 13.5. The summed E-state index contributed by atoms with van der Waals surface area (Å²) >= 11 is 1.32. The molecule has 232 valence electrons. The zero-order valence-electron chi connectivity index (χ0n) is 24.4. The van der Waals surface area contributed by atoms with E-state index in [1.54, 1.807) is 56.3 Å². The Bertz CT molecular complexity index is 1430. The van der Waals surface area contributed by atoms with E-state index < -0.39 is 38.7 Å². The van der Waals surface area contributed by atoms with Crippen LogP contribution in [0.25, 0.3) is 0 Å². The van der Waals surface area contributed by atoms with Gasteiger partial charge < -0.3 is 21.1 Å². The Kier molecular flexibility index (Phi) is 10.9. The van der Waals surface area contributed by atoms with Crippen molar-refractivity contribution in [2.24, 2.45) is 4.99 Å². The molecule has 2 atom stereocenters. The molecule has 2 aliphatic rings. The number of carbonyl (C=O) groups excluding carboxylic acids is 2. The Labute approximate surface area is 257 Å². The van der Waals surface area contributed by atoms with Crippen LogP contribution in [0.4, 0.5) is 0 Å². The second-order valence-corrected chi connectivity index (χ2v) is 14.7. The number of nitrogens with one attached hydrogen (secondary N) is 3. The van der Waals surface area contributed by atoms with Crippen molar-refractivity contribution >= 4 is 45.4 Å². The summed E-state index contributed by atoms with van der Waals surface area (Å²) in [6.07, 6.45) is 2.43. The smallest absolute Gasteiger partial charge is 0.326 e. The van der Waals surface area contributed by atoms with Crippen molar-refractivity contribution in [1.82, 2.24) is 20.3 Å². The van der Waals surface area contributed by atoms with Gasteiger partial charge in [-0.3, -0.25) is 14.6 Å². The normalized spacial score (nSPS) is 19.1. The number of hydrogen-bond acceptors (Lipinski definition) is 9. The molecule has 2 aromatic carbocycles. The van der Waals surface area contributed by atoms with E-state index in [-0.39, 0.29) is 29.4 Å². The minimum absolute atomic E-state index is 0.00458. The molecule has 0 bridgehead atoms. The number of carboxylic acids is 1. The first-order chi connectivity index (χ1) is 20.5. The third-order valence-electron chi connectivity index (χ3n) is 7.41. The zero-order chi connectivity index (χ0) is 31.0. The van der Waals surface area contributed by atoms with Crippen molar-refractivity contribution in [2.75, 3.05) is 25.5 Å². The number of hydrogen-bond donors (Lipinski definition) is 4. The predicted octanol–water partition coefficient (Wildman–Crippen LogP) is 2.17. The van der Waals surface area contributed by atoms with Crippen LogP contribution in [-0.2, 0) is 37.2 Å². The van der Waals surface area contributed by atoms with Gasteiger partial charge in [0, 0.05) is 43.6 Å². The van der Waals surface area contributed by atoms with Gasteiger partial charge in [-0.2, -0.15) is 4.31 Å². The average molecular weight is 630 g/mol. The fraction of sp³-hybridized carbons (Fsp3) is 0.467. The summed E-state index contributed by atoms with van der Waals surface area (Å²) < 4.78 is 27.1. The van der Waals surface area contributed by atoms with E-state index in [1.807, 2.05) is 0 Å². The number of aliphatic imine (C=N–C) groups is 1. The van der Waals surface area contributed by atoms with Gasteiger partial charge in [-0.15, -0.1) is 11.8 Å². The molecule has 43 heavy (non-hydrogen) atoms. The van der Waals surface area contributed by atoms with Crippen molar-refractivity contribution in [3.63, 3.8) is 0 Å². The number of aliphatic carboxylic acids is 1. The molecule has 2 aliphatic heterocycles. The number of nitrogens with zero attached hydrogens (tertiary/aromatic N) is 2. The van der Waals surface area contributed by atoms with Gasteiger partial charge in [0.2, 0.25) is 15.9 Å². The van der Waals surface area contributed by atoms with Crippen molar-refractivity contribution in [1.29, 1.82) is 0 Å². The van der Waals surface area contributed by atoms with Gasteiger partial charge in [0.15, 0.2) is 5.96 Å². The summed E-state index contributed by atoms with van der Waals surface area (Å²) in [7, 11) is -3.98. The highest BCUT2D eigenvalue weighted by atomic mass is 32.2. The third-order valence-corrected chi connectivity index (χ3v) is 10.8. The number of carboxylic acid groups (broad SMARTS) is 1. The Balaban J connectivity index is 1.33. The van der Waals surface area contributed by atoms with Gasteiger partial charge >= 0.3 is 5.97 Å². The number of guanidine groups is 1. The van der Waals surface area contributed by atoms with E-state index in [0.29, 0.717) is 24.9 Å². The van der Waals surface area contributed by atoms with Crippen LogP contribution in [0, 0.1) is 0 Å². The van der Waals surface area contributed by atoms with Crippen LogP contribution in [0.5, 0.6) is 0 Å². The van der Waals surface area contributed by atoms with E-state index >= 15 is 0 Å². The number of thioether (sulfide) groups is 1. The fourth-order valence-corrected chi connectivity index (χ4v) is 8.24. The van der Waals surface area contributed by atoms with E-state index in [0.717, 1.165) is 35.3 Å². The number of benzene rings is 2. The number of amides is 1. The molecule has 0 radical (unpaired) electrons. The number of rotatable bonds is 13. The summed E-state index contributed by atoms with van der Waals surface area (Å²) in [6.45, 7) is 5.91. The van der Waals surface area contributed by atoms with Crippen LogP contribution in [-0.4, -0.2) is 83.8 Å². The van der Waals surface area contributed by atoms with Crippen molar-refractivity contribution in [3.8, 4) is 0 Å². The molecule has 1 fully saturated rings. The quantitative estimate of drug-likeness (QED) is 0.244. The minimum Gasteiger partial charge on any atom is -0.480 e. The van der Waals surface area contributed by atoms with E-state index in [9.17, 15) is 27.9 Å².